The summed E-state index contributed by atoms with van der Waals surface area (Å²) in [5, 5.41) is 11.3. The van der Waals surface area contributed by atoms with E-state index in [0.29, 0.717) is 31.4 Å². The third-order valence-electron chi connectivity index (χ3n) is 11.1. The molecule has 0 aromatic rings. The highest BCUT2D eigenvalue weighted by Gasteiger charge is 2.51. The maximum Gasteiger partial charge on any atom is 0.319 e. The molecule has 3 aliphatic heterocycles. The van der Waals surface area contributed by atoms with Crippen LogP contribution in [0.25, 0.3) is 0 Å². The van der Waals surface area contributed by atoms with Crippen LogP contribution < -0.4 is 0 Å². The van der Waals surface area contributed by atoms with Crippen molar-refractivity contribution in [3.63, 3.8) is 0 Å². The van der Waals surface area contributed by atoms with Crippen molar-refractivity contribution in [1.82, 2.24) is 14.7 Å². The van der Waals surface area contributed by atoms with E-state index in [9.17, 15) is 14.7 Å². The number of hydrogen-bond acceptors (Lipinski definition) is 11. The first-order valence-corrected chi connectivity index (χ1v) is 17.3. The van der Waals surface area contributed by atoms with E-state index in [1.54, 1.807) is 35.0 Å². The lowest BCUT2D eigenvalue weighted by Crippen LogP contribution is -2.59. The minimum atomic E-state index is -1.41. The van der Waals surface area contributed by atoms with E-state index in [4.69, 9.17) is 23.7 Å². The Balaban J connectivity index is 1.93. The summed E-state index contributed by atoms with van der Waals surface area (Å²) in [7, 11) is 9.35. The highest BCUT2D eigenvalue weighted by Crippen LogP contribution is 2.39. The molecule has 1 unspecified atom stereocenters. The molecule has 0 aromatic heterocycles. The third kappa shape index (κ3) is 9.08. The molecule has 3 heterocycles. The second kappa shape index (κ2) is 16.5. The maximum absolute atomic E-state index is 14.3. The van der Waals surface area contributed by atoms with Crippen LogP contribution in [0.1, 0.15) is 74.1 Å². The number of ketones is 1. The molecular weight excluding hydrogens is 590 g/mol. The van der Waals surface area contributed by atoms with Gasteiger partial charge in [0.25, 0.3) is 0 Å². The lowest BCUT2D eigenvalue weighted by Gasteiger charge is -2.47. The quantitative estimate of drug-likeness (QED) is 0.308. The third-order valence-corrected chi connectivity index (χ3v) is 11.1. The van der Waals surface area contributed by atoms with Gasteiger partial charge in [-0.3, -0.25) is 19.4 Å². The molecule has 46 heavy (non-hydrogen) atoms. The Kier molecular flexibility index (Phi) is 14.1. The number of ether oxygens (including phenoxy) is 5. The second-order valence-electron chi connectivity index (χ2n) is 15.5. The summed E-state index contributed by atoms with van der Waals surface area (Å²) in [5.41, 5.74) is -2.33. The van der Waals surface area contributed by atoms with Gasteiger partial charge >= 0.3 is 5.97 Å². The Morgan fingerprint density at radius 2 is 1.72 bits per heavy atom. The zero-order chi connectivity index (χ0) is 34.6. The smallest absolute Gasteiger partial charge is 0.319 e. The molecule has 0 saturated carbocycles. The average molecular weight is 656 g/mol. The standard InChI is InChI=1S/C35H65N3O8/c1-22-18-35(7,43-12)31(46-32-29(39)27(36(8)9)17-24(3)45-32)25(4)30(40)34(5,6)33(41)44-21-28(37(10)19-22)26-13-15-38(16-14-26)23(2)20-42-11/h22-29,31-32,39H,13-21H2,1-12H3/t22-,23?,24-,25+,27+,28-,29-,31-,32+,35-/m1/s1. The van der Waals surface area contributed by atoms with Crippen molar-refractivity contribution in [3.05, 3.63) is 0 Å². The van der Waals surface area contributed by atoms with Crippen LogP contribution in [0.4, 0.5) is 0 Å². The number of carbonyl (C=O) groups excluding carboxylic acids is 2. The van der Waals surface area contributed by atoms with Crippen molar-refractivity contribution in [1.29, 1.82) is 0 Å². The molecule has 268 valence electrons. The van der Waals surface area contributed by atoms with Crippen molar-refractivity contribution < 1.29 is 38.4 Å². The van der Waals surface area contributed by atoms with Gasteiger partial charge in [0.15, 0.2) is 12.1 Å². The number of cyclic esters (lactones) is 1. The number of piperidine rings is 1. The molecule has 0 aromatic carbocycles. The van der Waals surface area contributed by atoms with Gasteiger partial charge in [0, 0.05) is 44.8 Å². The van der Waals surface area contributed by atoms with Crippen LogP contribution in [0.2, 0.25) is 0 Å². The summed E-state index contributed by atoms with van der Waals surface area (Å²) in [6.45, 7) is 17.0. The van der Waals surface area contributed by atoms with Crippen LogP contribution in [0.5, 0.6) is 0 Å². The number of aliphatic hydroxyl groups excluding tert-OH is 1. The predicted molar refractivity (Wildman–Crippen MR) is 177 cm³/mol. The zero-order valence-electron chi connectivity index (χ0n) is 30.8. The molecule has 0 spiro atoms. The second-order valence-corrected chi connectivity index (χ2v) is 15.5. The van der Waals surface area contributed by atoms with Crippen LogP contribution in [-0.4, -0.2) is 148 Å². The molecule has 11 nitrogen and oxygen atoms in total. The fraction of sp³-hybridized carbons (Fsp3) is 0.943. The van der Waals surface area contributed by atoms with Crippen LogP contribution >= 0.6 is 0 Å². The number of hydrogen-bond donors (Lipinski definition) is 1. The van der Waals surface area contributed by atoms with Gasteiger partial charge in [-0.25, -0.2) is 0 Å². The lowest BCUT2D eigenvalue weighted by atomic mass is 9.74. The summed E-state index contributed by atoms with van der Waals surface area (Å²) < 4.78 is 30.5. The number of rotatable bonds is 8. The SMILES string of the molecule is COCC(C)N1CCC([C@H]2COC(=O)C(C)(C)C(=O)[C@H](C)[C@@H](O[C@@H]3O[C@H](C)C[C@H](N(C)C)[C@H]3O)[C@](C)(OC)C[C@@H](C)CN2C)CC1. The molecule has 1 N–H and O–H groups in total. The molecule has 0 radical (unpaired) electrons. The number of esters is 1. The van der Waals surface area contributed by atoms with Gasteiger partial charge in [-0.05, 0) is 106 Å². The normalized spacial score (nSPS) is 38.9. The first-order valence-electron chi connectivity index (χ1n) is 17.3. The van der Waals surface area contributed by atoms with E-state index in [2.05, 4.69) is 30.7 Å². The van der Waals surface area contributed by atoms with Crippen LogP contribution in [0.3, 0.4) is 0 Å². The van der Waals surface area contributed by atoms with Crippen molar-refractivity contribution in [2.45, 2.75) is 122 Å². The van der Waals surface area contributed by atoms with Crippen LogP contribution in [-0.2, 0) is 33.3 Å². The molecule has 3 saturated heterocycles. The minimum absolute atomic E-state index is 0.0199. The highest BCUT2D eigenvalue weighted by molar-refractivity contribution is 6.04. The monoisotopic (exact) mass is 655 g/mol. The van der Waals surface area contributed by atoms with Gasteiger partial charge in [0.2, 0.25) is 0 Å². The fourth-order valence-corrected chi connectivity index (χ4v) is 8.15. The van der Waals surface area contributed by atoms with Crippen molar-refractivity contribution >= 4 is 11.8 Å². The van der Waals surface area contributed by atoms with Crippen molar-refractivity contribution in [2.75, 3.05) is 68.2 Å². The molecule has 3 rings (SSSR count). The predicted octanol–water partition coefficient (Wildman–Crippen LogP) is 3.06. The van der Waals surface area contributed by atoms with E-state index >= 15 is 0 Å². The summed E-state index contributed by atoms with van der Waals surface area (Å²) in [5.74, 6) is -1.07. The lowest BCUT2D eigenvalue weighted by molar-refractivity contribution is -0.295. The number of likely N-dealkylation sites (tertiary alicyclic amines) is 1. The molecular formula is C35H65N3O8. The van der Waals surface area contributed by atoms with Gasteiger partial charge < -0.3 is 33.7 Å². The summed E-state index contributed by atoms with van der Waals surface area (Å²) in [6.07, 6.45) is 0.409. The van der Waals surface area contributed by atoms with Gasteiger partial charge in [-0.1, -0.05) is 13.8 Å². The molecule has 3 fully saturated rings. The molecule has 11 heteroatoms. The minimum Gasteiger partial charge on any atom is -0.463 e. The summed E-state index contributed by atoms with van der Waals surface area (Å²) in [4.78, 5) is 34.8. The Bertz CT molecular complexity index is 989. The van der Waals surface area contributed by atoms with Crippen LogP contribution in [0.15, 0.2) is 0 Å². The van der Waals surface area contributed by atoms with Gasteiger partial charge in [0.1, 0.15) is 18.1 Å². The number of methoxy groups -OCH3 is 2. The molecule has 3 aliphatic rings. The number of Topliss-reactive ketones (excluding diaryl/α,β-unsaturated/α-hetero) is 1. The zero-order valence-corrected chi connectivity index (χ0v) is 30.8. The topological polar surface area (TPSA) is 110 Å². The van der Waals surface area contributed by atoms with Gasteiger partial charge in [0.05, 0.1) is 24.4 Å². The number of nitrogens with zero attached hydrogens (tertiary/aromatic N) is 3. The van der Waals surface area contributed by atoms with Crippen molar-refractivity contribution in [3.8, 4) is 0 Å². The Morgan fingerprint density at radius 1 is 1.09 bits per heavy atom. The van der Waals surface area contributed by atoms with Crippen LogP contribution in [0, 0.1) is 23.2 Å². The van der Waals surface area contributed by atoms with E-state index in [-0.39, 0.29) is 36.5 Å². The maximum atomic E-state index is 14.3. The fourth-order valence-electron chi connectivity index (χ4n) is 8.15. The summed E-state index contributed by atoms with van der Waals surface area (Å²) in [6, 6.07) is 0.204. The molecule has 10 atom stereocenters. The Labute approximate surface area is 278 Å². The van der Waals surface area contributed by atoms with E-state index in [1.165, 1.54) is 0 Å². The number of carbonyl (C=O) groups is 2. The molecule has 0 aliphatic carbocycles. The first-order chi connectivity index (χ1) is 21.5. The average Bonchev–Trinajstić information content (AvgIpc) is 3.00. The van der Waals surface area contributed by atoms with E-state index in [1.807, 2.05) is 32.8 Å². The van der Waals surface area contributed by atoms with E-state index in [0.717, 1.165) is 32.5 Å². The largest absolute Gasteiger partial charge is 0.463 e. The Morgan fingerprint density at radius 3 is 2.28 bits per heavy atom. The summed E-state index contributed by atoms with van der Waals surface area (Å²) >= 11 is 0. The first kappa shape index (κ1) is 39.3. The van der Waals surface area contributed by atoms with Gasteiger partial charge in [-0.2, -0.15) is 0 Å². The number of likely N-dealkylation sites (N-methyl/N-ethyl adjacent to an activating group) is 2. The van der Waals surface area contributed by atoms with Crippen molar-refractivity contribution in [2.24, 2.45) is 23.2 Å². The number of aliphatic hydroxyl groups is 1. The molecule has 0 amide bonds. The van der Waals surface area contributed by atoms with Gasteiger partial charge in [-0.15, -0.1) is 0 Å². The molecule has 0 bridgehead atoms. The Hall–Kier alpha value is -1.18. The van der Waals surface area contributed by atoms with E-state index < -0.39 is 41.4 Å². The highest BCUT2D eigenvalue weighted by atomic mass is 16.7.